The van der Waals surface area contributed by atoms with Gasteiger partial charge in [0.1, 0.15) is 5.75 Å². The third kappa shape index (κ3) is 2.11. The maximum absolute atomic E-state index is 12.1. The molecule has 2 aliphatic rings. The van der Waals surface area contributed by atoms with Gasteiger partial charge in [-0.15, -0.1) is 0 Å². The topological polar surface area (TPSA) is 46.5 Å². The Kier molecular flexibility index (Phi) is 3.18. The van der Waals surface area contributed by atoms with Crippen LogP contribution in [0, 0.1) is 6.92 Å². The summed E-state index contributed by atoms with van der Waals surface area (Å²) in [5, 5.41) is 11.4. The van der Waals surface area contributed by atoms with Gasteiger partial charge >= 0.3 is 0 Å². The Morgan fingerprint density at radius 3 is 2.53 bits per heavy atom. The van der Waals surface area contributed by atoms with E-state index in [4.69, 9.17) is 4.74 Å². The van der Waals surface area contributed by atoms with Crippen LogP contribution in [0.1, 0.15) is 36.8 Å². The van der Waals surface area contributed by atoms with Gasteiger partial charge in [-0.05, 0) is 55.9 Å². The normalized spacial score (nSPS) is 37.3. The van der Waals surface area contributed by atoms with Gasteiger partial charge in [0.2, 0.25) is 0 Å². The first-order chi connectivity index (χ1) is 9.03. The van der Waals surface area contributed by atoms with Gasteiger partial charge in [-0.25, -0.2) is 0 Å². The Morgan fingerprint density at radius 1 is 1.32 bits per heavy atom. The fourth-order valence-electron chi connectivity index (χ4n) is 3.53. The summed E-state index contributed by atoms with van der Waals surface area (Å²) in [5.74, 6) is 0.771. The van der Waals surface area contributed by atoms with Crippen LogP contribution >= 0.6 is 0 Å². The van der Waals surface area contributed by atoms with Crippen molar-refractivity contribution in [3.05, 3.63) is 29.3 Å². The Bertz CT molecular complexity index is 510. The number of benzene rings is 1. The molecule has 2 fully saturated rings. The number of fused-ring (bicyclic) bond motifs is 2. The lowest BCUT2D eigenvalue weighted by molar-refractivity contribution is 0.0177. The molecule has 2 unspecified atom stereocenters. The molecule has 0 radical (unpaired) electrons. The highest BCUT2D eigenvalue weighted by Gasteiger charge is 2.48. The minimum Gasteiger partial charge on any atom is -0.497 e. The second-order valence-corrected chi connectivity index (χ2v) is 7.76. The summed E-state index contributed by atoms with van der Waals surface area (Å²) < 4.78 is 17.4. The van der Waals surface area contributed by atoms with Crippen LogP contribution in [0.15, 0.2) is 18.2 Å². The molecule has 1 N–H and O–H groups in total. The van der Waals surface area contributed by atoms with E-state index in [0.29, 0.717) is 12.8 Å². The van der Waals surface area contributed by atoms with Crippen molar-refractivity contribution < 1.29 is 14.1 Å². The fourth-order valence-corrected chi connectivity index (χ4v) is 5.69. The summed E-state index contributed by atoms with van der Waals surface area (Å²) in [6.45, 7) is 2.01. The molecule has 0 amide bonds. The summed E-state index contributed by atoms with van der Waals surface area (Å²) in [6.07, 6.45) is 3.21. The molecule has 3 nitrogen and oxygen atoms in total. The standard InChI is InChI=1S/C15H20O3S/c1-10-3-4-11(18-2)7-14(10)15(16)8-12-5-6-13(9-15)19(12)17/h3-4,7,12-13,16H,5-6,8-9H2,1-2H3. The van der Waals surface area contributed by atoms with Crippen molar-refractivity contribution >= 4 is 10.8 Å². The summed E-state index contributed by atoms with van der Waals surface area (Å²) in [5.41, 5.74) is 1.19. The Morgan fingerprint density at radius 2 is 1.95 bits per heavy atom. The minimum atomic E-state index is -0.835. The van der Waals surface area contributed by atoms with E-state index in [1.807, 2.05) is 25.1 Å². The Hall–Kier alpha value is -0.870. The number of aryl methyl sites for hydroxylation is 1. The Labute approximate surface area is 116 Å². The number of rotatable bonds is 2. The number of ether oxygens (including phenoxy) is 1. The zero-order valence-corrected chi connectivity index (χ0v) is 12.2. The molecule has 2 atom stereocenters. The molecule has 0 aliphatic carbocycles. The molecule has 0 spiro atoms. The fraction of sp³-hybridized carbons (Fsp3) is 0.600. The molecular formula is C15H20O3S. The van der Waals surface area contributed by atoms with Gasteiger partial charge in [0.25, 0.3) is 0 Å². The van der Waals surface area contributed by atoms with Crippen molar-refractivity contribution in [1.82, 2.24) is 0 Å². The first-order valence-electron chi connectivity index (χ1n) is 6.80. The molecule has 0 saturated carbocycles. The highest BCUT2D eigenvalue weighted by molar-refractivity contribution is 7.86. The highest BCUT2D eigenvalue weighted by atomic mass is 32.2. The molecule has 2 saturated heterocycles. The van der Waals surface area contributed by atoms with Gasteiger partial charge in [-0.2, -0.15) is 0 Å². The van der Waals surface area contributed by atoms with Crippen LogP contribution in [0.25, 0.3) is 0 Å². The van der Waals surface area contributed by atoms with Crippen molar-refractivity contribution in [2.24, 2.45) is 0 Å². The lowest BCUT2D eigenvalue weighted by atomic mass is 9.83. The molecule has 1 aromatic rings. The summed E-state index contributed by atoms with van der Waals surface area (Å²) in [6, 6.07) is 5.83. The van der Waals surface area contributed by atoms with Gasteiger partial charge < -0.3 is 9.84 Å². The summed E-state index contributed by atoms with van der Waals surface area (Å²) >= 11 is 0. The second-order valence-electron chi connectivity index (χ2n) is 5.77. The molecule has 19 heavy (non-hydrogen) atoms. The second kappa shape index (κ2) is 4.60. The first kappa shape index (κ1) is 13.1. The average molecular weight is 280 g/mol. The molecular weight excluding hydrogens is 260 g/mol. The molecule has 104 valence electrons. The number of hydrogen-bond donors (Lipinski definition) is 1. The van der Waals surface area contributed by atoms with E-state index in [-0.39, 0.29) is 10.5 Å². The maximum atomic E-state index is 12.1. The predicted molar refractivity (Wildman–Crippen MR) is 75.8 cm³/mol. The largest absolute Gasteiger partial charge is 0.497 e. The third-order valence-corrected chi connectivity index (χ3v) is 6.66. The summed E-state index contributed by atoms with van der Waals surface area (Å²) in [4.78, 5) is 0. The van der Waals surface area contributed by atoms with Gasteiger partial charge in [0.05, 0.1) is 12.7 Å². The van der Waals surface area contributed by atoms with E-state index in [1.165, 1.54) is 0 Å². The van der Waals surface area contributed by atoms with E-state index in [1.54, 1.807) is 7.11 Å². The molecule has 0 aromatic heterocycles. The maximum Gasteiger partial charge on any atom is 0.119 e. The third-order valence-electron chi connectivity index (χ3n) is 4.54. The van der Waals surface area contributed by atoms with Crippen LogP contribution in [0.4, 0.5) is 0 Å². The zero-order valence-electron chi connectivity index (χ0n) is 11.4. The highest BCUT2D eigenvalue weighted by Crippen LogP contribution is 2.47. The van der Waals surface area contributed by atoms with E-state index in [2.05, 4.69) is 0 Å². The number of aliphatic hydroxyl groups is 1. The lowest BCUT2D eigenvalue weighted by Gasteiger charge is -2.37. The van der Waals surface area contributed by atoms with E-state index in [9.17, 15) is 9.32 Å². The van der Waals surface area contributed by atoms with Crippen LogP contribution < -0.4 is 4.74 Å². The van der Waals surface area contributed by atoms with E-state index < -0.39 is 16.4 Å². The SMILES string of the molecule is COc1ccc(C)c(C2(O)CC3CCC(C2)S3=O)c1. The smallest absolute Gasteiger partial charge is 0.119 e. The monoisotopic (exact) mass is 280 g/mol. The molecule has 2 bridgehead atoms. The van der Waals surface area contributed by atoms with Crippen molar-refractivity contribution in [1.29, 1.82) is 0 Å². The first-order valence-corrected chi connectivity index (χ1v) is 8.08. The van der Waals surface area contributed by atoms with Crippen molar-refractivity contribution in [2.75, 3.05) is 7.11 Å². The van der Waals surface area contributed by atoms with Gasteiger partial charge in [0.15, 0.2) is 0 Å². The predicted octanol–water partition coefficient (Wildman–Crippen LogP) is 2.26. The number of hydrogen-bond acceptors (Lipinski definition) is 3. The molecule has 2 aliphatic heterocycles. The van der Waals surface area contributed by atoms with E-state index in [0.717, 1.165) is 29.7 Å². The molecule has 2 heterocycles. The molecule has 3 rings (SSSR count). The minimum absolute atomic E-state index is 0.161. The quantitative estimate of drug-likeness (QED) is 0.904. The zero-order chi connectivity index (χ0) is 13.6. The van der Waals surface area contributed by atoms with Gasteiger partial charge in [0, 0.05) is 21.3 Å². The van der Waals surface area contributed by atoms with Crippen molar-refractivity contribution in [3.63, 3.8) is 0 Å². The van der Waals surface area contributed by atoms with Gasteiger partial charge in [-0.1, -0.05) is 6.07 Å². The van der Waals surface area contributed by atoms with Gasteiger partial charge in [-0.3, -0.25) is 4.21 Å². The molecule has 4 heteroatoms. The average Bonchev–Trinajstić information content (AvgIpc) is 2.63. The Balaban J connectivity index is 1.99. The lowest BCUT2D eigenvalue weighted by Crippen LogP contribution is -2.40. The van der Waals surface area contributed by atoms with Crippen LogP contribution in [0.5, 0.6) is 5.75 Å². The van der Waals surface area contributed by atoms with E-state index >= 15 is 0 Å². The summed E-state index contributed by atoms with van der Waals surface area (Å²) in [7, 11) is 0.893. The van der Waals surface area contributed by atoms with Crippen LogP contribution in [-0.4, -0.2) is 26.9 Å². The number of methoxy groups -OCH3 is 1. The van der Waals surface area contributed by atoms with Crippen molar-refractivity contribution in [3.8, 4) is 5.75 Å². The van der Waals surface area contributed by atoms with Crippen molar-refractivity contribution in [2.45, 2.75) is 48.7 Å². The van der Waals surface area contributed by atoms with Crippen LogP contribution in [-0.2, 0) is 16.4 Å². The van der Waals surface area contributed by atoms with Crippen LogP contribution in [0.3, 0.4) is 0 Å². The van der Waals surface area contributed by atoms with Crippen LogP contribution in [0.2, 0.25) is 0 Å². The molecule has 1 aromatic carbocycles.